The molecule has 3 rings (SSSR count). The first-order chi connectivity index (χ1) is 5.29. The van der Waals surface area contributed by atoms with E-state index >= 15 is 0 Å². The van der Waals surface area contributed by atoms with E-state index in [2.05, 4.69) is 4.90 Å². The average Bonchev–Trinajstić information content (AvgIpc) is 2.39. The van der Waals surface area contributed by atoms with Crippen molar-refractivity contribution in [2.75, 3.05) is 13.1 Å². The first-order valence-electron chi connectivity index (χ1n) is 4.79. The first-order valence-corrected chi connectivity index (χ1v) is 4.79. The summed E-state index contributed by atoms with van der Waals surface area (Å²) in [6.45, 7) is 2.73. The zero-order valence-corrected chi connectivity index (χ0v) is 6.92. The molecule has 1 aliphatic heterocycles. The lowest BCUT2D eigenvalue weighted by Crippen LogP contribution is -2.60. The number of nitrogens with two attached hydrogens (primary N) is 1. The third-order valence-corrected chi connectivity index (χ3v) is 3.76. The van der Waals surface area contributed by atoms with E-state index in [1.54, 1.807) is 0 Å². The second kappa shape index (κ2) is 1.80. The molecule has 1 saturated heterocycles. The third-order valence-electron chi connectivity index (χ3n) is 3.76. The van der Waals surface area contributed by atoms with Crippen molar-refractivity contribution in [1.82, 2.24) is 4.90 Å². The maximum absolute atomic E-state index is 5.78. The van der Waals surface area contributed by atoms with Gasteiger partial charge < -0.3 is 5.73 Å². The standard InChI is InChI=1S/C9H16N2/c10-7-4-8(7)11-5-9(6-11)2-1-3-9/h7-8H,1-6,10H2. The van der Waals surface area contributed by atoms with Crippen LogP contribution in [0.3, 0.4) is 0 Å². The van der Waals surface area contributed by atoms with Gasteiger partial charge in [0.2, 0.25) is 0 Å². The van der Waals surface area contributed by atoms with E-state index in [-0.39, 0.29) is 0 Å². The molecular weight excluding hydrogens is 136 g/mol. The molecule has 0 aromatic rings. The van der Waals surface area contributed by atoms with Crippen LogP contribution >= 0.6 is 0 Å². The summed E-state index contributed by atoms with van der Waals surface area (Å²) in [6, 6.07) is 1.30. The zero-order chi connectivity index (χ0) is 7.47. The molecule has 1 heterocycles. The van der Waals surface area contributed by atoms with Gasteiger partial charge in [-0.3, -0.25) is 4.90 Å². The van der Waals surface area contributed by atoms with E-state index in [9.17, 15) is 0 Å². The predicted molar refractivity (Wildman–Crippen MR) is 44.2 cm³/mol. The number of nitrogens with zero attached hydrogens (tertiary/aromatic N) is 1. The van der Waals surface area contributed by atoms with E-state index in [0.29, 0.717) is 6.04 Å². The Morgan fingerprint density at radius 3 is 2.27 bits per heavy atom. The van der Waals surface area contributed by atoms with E-state index in [1.807, 2.05) is 0 Å². The van der Waals surface area contributed by atoms with Crippen molar-refractivity contribution in [3.8, 4) is 0 Å². The minimum atomic E-state index is 0.521. The molecule has 2 nitrogen and oxygen atoms in total. The summed E-state index contributed by atoms with van der Waals surface area (Å²) < 4.78 is 0. The lowest BCUT2D eigenvalue weighted by molar-refractivity contribution is -0.0653. The molecule has 3 fully saturated rings. The molecule has 0 bridgehead atoms. The Morgan fingerprint density at radius 2 is 1.91 bits per heavy atom. The van der Waals surface area contributed by atoms with Crippen molar-refractivity contribution in [2.24, 2.45) is 11.1 Å². The summed E-state index contributed by atoms with van der Waals surface area (Å²) in [5.41, 5.74) is 6.58. The SMILES string of the molecule is NC1CC1N1CC2(CCC2)C1. The zero-order valence-electron chi connectivity index (χ0n) is 6.92. The van der Waals surface area contributed by atoms with E-state index < -0.39 is 0 Å². The Bertz CT molecular complexity index is 178. The van der Waals surface area contributed by atoms with Crippen LogP contribution in [0.4, 0.5) is 0 Å². The molecule has 0 aromatic heterocycles. The van der Waals surface area contributed by atoms with Crippen LogP contribution in [0.2, 0.25) is 0 Å². The van der Waals surface area contributed by atoms with Gasteiger partial charge in [0.15, 0.2) is 0 Å². The van der Waals surface area contributed by atoms with Crippen molar-refractivity contribution in [1.29, 1.82) is 0 Å². The highest BCUT2D eigenvalue weighted by molar-refractivity contribution is 5.09. The van der Waals surface area contributed by atoms with Crippen LogP contribution in [0.1, 0.15) is 25.7 Å². The summed E-state index contributed by atoms with van der Waals surface area (Å²) in [5, 5.41) is 0. The maximum atomic E-state index is 5.78. The fraction of sp³-hybridized carbons (Fsp3) is 1.00. The largest absolute Gasteiger partial charge is 0.326 e. The fourth-order valence-electron chi connectivity index (χ4n) is 2.66. The fourth-order valence-corrected chi connectivity index (χ4v) is 2.66. The smallest absolute Gasteiger partial charge is 0.0263 e. The minimum Gasteiger partial charge on any atom is -0.326 e. The van der Waals surface area contributed by atoms with Crippen LogP contribution < -0.4 is 5.73 Å². The summed E-state index contributed by atoms with van der Waals surface area (Å²) in [6.07, 6.45) is 5.72. The molecule has 0 amide bonds. The first kappa shape index (κ1) is 6.44. The quantitative estimate of drug-likeness (QED) is 0.595. The van der Waals surface area contributed by atoms with Crippen LogP contribution in [0.25, 0.3) is 0 Å². The monoisotopic (exact) mass is 152 g/mol. The van der Waals surface area contributed by atoms with Gasteiger partial charge in [0.25, 0.3) is 0 Å². The molecular formula is C9H16N2. The van der Waals surface area contributed by atoms with Crippen molar-refractivity contribution in [3.63, 3.8) is 0 Å². The van der Waals surface area contributed by atoms with Gasteiger partial charge in [0.05, 0.1) is 0 Å². The Labute approximate surface area is 67.7 Å². The Kier molecular flexibility index (Phi) is 1.06. The Morgan fingerprint density at radius 1 is 1.27 bits per heavy atom. The van der Waals surface area contributed by atoms with Crippen molar-refractivity contribution < 1.29 is 0 Å². The molecule has 0 radical (unpaired) electrons. The molecule has 3 aliphatic rings. The van der Waals surface area contributed by atoms with Gasteiger partial charge in [-0.25, -0.2) is 0 Å². The molecule has 2 aliphatic carbocycles. The maximum Gasteiger partial charge on any atom is 0.0263 e. The van der Waals surface area contributed by atoms with Crippen molar-refractivity contribution in [3.05, 3.63) is 0 Å². The van der Waals surface area contributed by atoms with E-state index in [1.165, 1.54) is 38.8 Å². The van der Waals surface area contributed by atoms with E-state index in [0.717, 1.165) is 11.5 Å². The topological polar surface area (TPSA) is 29.3 Å². The molecule has 11 heavy (non-hydrogen) atoms. The highest BCUT2D eigenvalue weighted by atomic mass is 15.3. The summed E-state index contributed by atoms with van der Waals surface area (Å²) in [5.74, 6) is 0. The van der Waals surface area contributed by atoms with E-state index in [4.69, 9.17) is 5.73 Å². The Hall–Kier alpha value is -0.0800. The highest BCUT2D eigenvalue weighted by Crippen LogP contribution is 2.50. The highest BCUT2D eigenvalue weighted by Gasteiger charge is 2.53. The minimum absolute atomic E-state index is 0.521. The number of rotatable bonds is 1. The molecule has 2 unspecified atom stereocenters. The molecule has 2 heteroatoms. The molecule has 0 aromatic carbocycles. The molecule has 1 spiro atoms. The molecule has 62 valence electrons. The van der Waals surface area contributed by atoms with Gasteiger partial charge in [0, 0.05) is 25.2 Å². The summed E-state index contributed by atoms with van der Waals surface area (Å²) >= 11 is 0. The van der Waals surface area contributed by atoms with Gasteiger partial charge in [-0.1, -0.05) is 6.42 Å². The second-order valence-corrected chi connectivity index (χ2v) is 4.73. The normalized spacial score (nSPS) is 46.6. The van der Waals surface area contributed by atoms with Crippen LogP contribution in [0, 0.1) is 5.41 Å². The number of hydrogen-bond donors (Lipinski definition) is 1. The average molecular weight is 152 g/mol. The van der Waals surface area contributed by atoms with Gasteiger partial charge in [-0.15, -0.1) is 0 Å². The summed E-state index contributed by atoms with van der Waals surface area (Å²) in [4.78, 5) is 2.59. The van der Waals surface area contributed by atoms with Crippen LogP contribution in [0.5, 0.6) is 0 Å². The lowest BCUT2D eigenvalue weighted by Gasteiger charge is -2.56. The van der Waals surface area contributed by atoms with Gasteiger partial charge in [-0.2, -0.15) is 0 Å². The van der Waals surface area contributed by atoms with Gasteiger partial charge in [0.1, 0.15) is 0 Å². The van der Waals surface area contributed by atoms with Crippen molar-refractivity contribution in [2.45, 2.75) is 37.8 Å². The van der Waals surface area contributed by atoms with Gasteiger partial charge >= 0.3 is 0 Å². The molecule has 2 saturated carbocycles. The summed E-state index contributed by atoms with van der Waals surface area (Å²) in [7, 11) is 0. The number of hydrogen-bond acceptors (Lipinski definition) is 2. The van der Waals surface area contributed by atoms with Crippen LogP contribution in [0.15, 0.2) is 0 Å². The number of likely N-dealkylation sites (tertiary alicyclic amines) is 1. The lowest BCUT2D eigenvalue weighted by atomic mass is 9.63. The predicted octanol–water partition coefficient (Wildman–Crippen LogP) is 0.572. The van der Waals surface area contributed by atoms with Gasteiger partial charge in [-0.05, 0) is 24.7 Å². The molecule has 2 atom stereocenters. The van der Waals surface area contributed by atoms with Crippen LogP contribution in [-0.4, -0.2) is 30.1 Å². The van der Waals surface area contributed by atoms with Crippen molar-refractivity contribution >= 4 is 0 Å². The van der Waals surface area contributed by atoms with Crippen LogP contribution in [-0.2, 0) is 0 Å². The molecule has 2 N–H and O–H groups in total. The Balaban J connectivity index is 1.56. The third kappa shape index (κ3) is 0.798. The second-order valence-electron chi connectivity index (χ2n) is 4.73.